The van der Waals surface area contributed by atoms with Crippen LogP contribution in [0.4, 0.5) is 0 Å². The van der Waals surface area contributed by atoms with E-state index in [1.54, 1.807) is 0 Å². The SMILES string of the molecule is C1=c2c(n(-c3cccc(-c4cccc5c4sc4ccccc45)n3)c3ncc4ccccc4c23)=NC1. The van der Waals surface area contributed by atoms with E-state index in [-0.39, 0.29) is 0 Å². The molecule has 3 aromatic carbocycles. The van der Waals surface area contributed by atoms with Crippen molar-refractivity contribution in [1.82, 2.24) is 14.5 Å². The van der Waals surface area contributed by atoms with Gasteiger partial charge in [-0.25, -0.2) is 9.97 Å². The van der Waals surface area contributed by atoms with Gasteiger partial charge in [0.1, 0.15) is 17.0 Å². The predicted octanol–water partition coefficient (Wildman–Crippen LogP) is 6.02. The third kappa shape index (κ3) is 2.64. The summed E-state index contributed by atoms with van der Waals surface area (Å²) in [5, 5.41) is 7.22. The molecule has 0 radical (unpaired) electrons. The molecule has 164 valence electrons. The van der Waals surface area contributed by atoms with Crippen molar-refractivity contribution in [3.8, 4) is 17.1 Å². The molecule has 5 heterocycles. The van der Waals surface area contributed by atoms with Gasteiger partial charge in [-0.3, -0.25) is 9.56 Å². The van der Waals surface area contributed by atoms with Crippen LogP contribution >= 0.6 is 11.3 Å². The summed E-state index contributed by atoms with van der Waals surface area (Å²) in [5.41, 5.74) is 3.95. The Morgan fingerprint density at radius 3 is 2.57 bits per heavy atom. The maximum Gasteiger partial charge on any atom is 0.148 e. The van der Waals surface area contributed by atoms with Gasteiger partial charge in [-0.15, -0.1) is 11.3 Å². The number of nitrogens with zero attached hydrogens (tertiary/aromatic N) is 4. The molecule has 0 spiro atoms. The van der Waals surface area contributed by atoms with Crippen molar-refractivity contribution < 1.29 is 0 Å². The van der Waals surface area contributed by atoms with Gasteiger partial charge in [0.05, 0.1) is 12.2 Å². The Hall–Kier alpha value is -4.35. The lowest BCUT2D eigenvalue weighted by Crippen LogP contribution is -2.26. The van der Waals surface area contributed by atoms with Crippen LogP contribution in [-0.4, -0.2) is 21.1 Å². The molecule has 0 aliphatic carbocycles. The van der Waals surface area contributed by atoms with Crippen molar-refractivity contribution in [3.63, 3.8) is 0 Å². The molecule has 0 amide bonds. The summed E-state index contributed by atoms with van der Waals surface area (Å²) in [4.78, 5) is 14.9. The minimum atomic E-state index is 0.685. The van der Waals surface area contributed by atoms with Crippen LogP contribution in [0, 0.1) is 0 Å². The maximum atomic E-state index is 5.17. The van der Waals surface area contributed by atoms with Crippen molar-refractivity contribution in [2.24, 2.45) is 4.99 Å². The first-order chi connectivity index (χ1) is 17.4. The molecule has 0 atom stereocenters. The van der Waals surface area contributed by atoms with Crippen molar-refractivity contribution in [1.29, 1.82) is 0 Å². The van der Waals surface area contributed by atoms with Gasteiger partial charge in [0.2, 0.25) is 0 Å². The van der Waals surface area contributed by atoms with Gasteiger partial charge in [-0.2, -0.15) is 0 Å². The van der Waals surface area contributed by atoms with Gasteiger partial charge in [0, 0.05) is 47.9 Å². The number of aromatic nitrogens is 3. The highest BCUT2D eigenvalue weighted by Crippen LogP contribution is 2.39. The van der Waals surface area contributed by atoms with Crippen LogP contribution in [0.3, 0.4) is 0 Å². The van der Waals surface area contributed by atoms with E-state index in [0.717, 1.165) is 44.2 Å². The summed E-state index contributed by atoms with van der Waals surface area (Å²) in [7, 11) is 0. The van der Waals surface area contributed by atoms with E-state index in [0.29, 0.717) is 6.54 Å². The Labute approximate surface area is 204 Å². The van der Waals surface area contributed by atoms with Crippen molar-refractivity contribution in [2.75, 3.05) is 6.54 Å². The van der Waals surface area contributed by atoms with Crippen LogP contribution in [0.2, 0.25) is 0 Å². The Bertz CT molecular complexity index is 2100. The largest absolute Gasteiger partial charge is 0.263 e. The van der Waals surface area contributed by atoms with E-state index >= 15 is 0 Å². The number of rotatable bonds is 2. The quantitative estimate of drug-likeness (QED) is 0.313. The third-order valence-electron chi connectivity index (χ3n) is 6.89. The lowest BCUT2D eigenvalue weighted by molar-refractivity contribution is 0.941. The Morgan fingerprint density at radius 1 is 0.771 bits per heavy atom. The molecule has 1 aliphatic heterocycles. The van der Waals surface area contributed by atoms with E-state index in [4.69, 9.17) is 15.0 Å². The molecule has 0 bridgehead atoms. The highest BCUT2D eigenvalue weighted by Gasteiger charge is 2.18. The highest BCUT2D eigenvalue weighted by atomic mass is 32.1. The van der Waals surface area contributed by atoms with E-state index < -0.39 is 0 Å². The lowest BCUT2D eigenvalue weighted by atomic mass is 10.1. The zero-order valence-corrected chi connectivity index (χ0v) is 19.5. The van der Waals surface area contributed by atoms with E-state index in [1.165, 1.54) is 25.6 Å². The average molecular weight is 467 g/mol. The van der Waals surface area contributed by atoms with Gasteiger partial charge in [0.25, 0.3) is 0 Å². The molecular weight excluding hydrogens is 448 g/mol. The minimum absolute atomic E-state index is 0.685. The van der Waals surface area contributed by atoms with Crippen molar-refractivity contribution >= 4 is 59.4 Å². The van der Waals surface area contributed by atoms with Gasteiger partial charge in [-0.05, 0) is 23.6 Å². The molecule has 0 saturated carbocycles. The maximum absolute atomic E-state index is 5.17. The summed E-state index contributed by atoms with van der Waals surface area (Å²) < 4.78 is 4.68. The predicted molar refractivity (Wildman–Crippen MR) is 145 cm³/mol. The molecule has 35 heavy (non-hydrogen) atoms. The number of pyridine rings is 2. The summed E-state index contributed by atoms with van der Waals surface area (Å²) in [5.74, 6) is 0.841. The summed E-state index contributed by atoms with van der Waals surface area (Å²) in [6.07, 6.45) is 4.15. The zero-order valence-electron chi connectivity index (χ0n) is 18.6. The first-order valence-corrected chi connectivity index (χ1v) is 12.5. The minimum Gasteiger partial charge on any atom is -0.263 e. The second-order valence-electron chi connectivity index (χ2n) is 8.82. The Morgan fingerprint density at radius 2 is 1.60 bits per heavy atom. The lowest BCUT2D eigenvalue weighted by Gasteiger charge is -2.09. The topological polar surface area (TPSA) is 43.1 Å². The Balaban J connectivity index is 1.41. The molecule has 8 rings (SSSR count). The van der Waals surface area contributed by atoms with Crippen LogP contribution in [0.1, 0.15) is 0 Å². The number of hydrogen-bond donors (Lipinski definition) is 0. The second kappa shape index (κ2) is 7.08. The monoisotopic (exact) mass is 466 g/mol. The zero-order chi connectivity index (χ0) is 22.9. The molecule has 4 nitrogen and oxygen atoms in total. The normalized spacial score (nSPS) is 12.9. The molecule has 0 saturated heterocycles. The number of hydrogen-bond acceptors (Lipinski definition) is 4. The van der Waals surface area contributed by atoms with Crippen LogP contribution < -0.4 is 10.7 Å². The molecular formula is C30H18N4S. The first-order valence-electron chi connectivity index (χ1n) is 11.7. The number of fused-ring (bicyclic) bond motifs is 8. The van der Waals surface area contributed by atoms with Gasteiger partial charge < -0.3 is 0 Å². The second-order valence-corrected chi connectivity index (χ2v) is 9.88. The van der Waals surface area contributed by atoms with Crippen LogP contribution in [0.5, 0.6) is 0 Å². The molecule has 4 aromatic heterocycles. The smallest absolute Gasteiger partial charge is 0.148 e. The summed E-state index contributed by atoms with van der Waals surface area (Å²) >= 11 is 1.83. The van der Waals surface area contributed by atoms with E-state index in [9.17, 15) is 0 Å². The Kier molecular flexibility index (Phi) is 3.84. The number of benzene rings is 3. The standard InChI is InChI=1S/C30H18N4S/c1-2-8-19-18(7-1)17-32-30-27(19)23-15-16-31-29(23)34(30)26-14-6-12-24(33-26)22-11-5-10-21-20-9-3-4-13-25(20)35-28(21)22/h1-15,17H,16H2. The summed E-state index contributed by atoms with van der Waals surface area (Å²) in [6, 6.07) is 29.8. The van der Waals surface area contributed by atoms with Crippen molar-refractivity contribution in [2.45, 2.75) is 0 Å². The highest BCUT2D eigenvalue weighted by molar-refractivity contribution is 7.26. The summed E-state index contributed by atoms with van der Waals surface area (Å²) in [6.45, 7) is 0.685. The fourth-order valence-electron chi connectivity index (χ4n) is 5.36. The molecule has 0 N–H and O–H groups in total. The first kappa shape index (κ1) is 19.0. The van der Waals surface area contributed by atoms with Gasteiger partial charge >= 0.3 is 0 Å². The van der Waals surface area contributed by atoms with Crippen LogP contribution in [0.25, 0.3) is 65.1 Å². The van der Waals surface area contributed by atoms with E-state index in [2.05, 4.69) is 95.6 Å². The molecule has 0 fully saturated rings. The van der Waals surface area contributed by atoms with Crippen molar-refractivity contribution in [3.05, 3.63) is 102 Å². The number of thiophene rings is 1. The van der Waals surface area contributed by atoms with Crippen LogP contribution in [-0.2, 0) is 0 Å². The van der Waals surface area contributed by atoms with Gasteiger partial charge in [-0.1, -0.05) is 72.8 Å². The van der Waals surface area contributed by atoms with Gasteiger partial charge in [0.15, 0.2) is 0 Å². The molecule has 1 aliphatic rings. The van der Waals surface area contributed by atoms with Crippen LogP contribution in [0.15, 0.2) is 96.1 Å². The fourth-order valence-corrected chi connectivity index (χ4v) is 6.58. The molecule has 0 unspecified atom stereocenters. The third-order valence-corrected chi connectivity index (χ3v) is 8.11. The molecule has 5 heteroatoms. The fraction of sp³-hybridized carbons (Fsp3) is 0.0333. The molecule has 7 aromatic rings. The van der Waals surface area contributed by atoms with E-state index in [1.807, 2.05) is 17.5 Å². The average Bonchev–Trinajstić information content (AvgIpc) is 3.61.